The van der Waals surface area contributed by atoms with E-state index in [9.17, 15) is 0 Å². The third-order valence-corrected chi connectivity index (χ3v) is 10.2. The zero-order valence-electron chi connectivity index (χ0n) is 24.5. The summed E-state index contributed by atoms with van der Waals surface area (Å²) in [6, 6.07) is 19.2. The minimum Gasteiger partial charge on any atom is -0.0654 e. The number of unbranched alkanes of at least 4 members (excludes halogenated alkanes) is 5. The Morgan fingerprint density at radius 2 is 1.03 bits per heavy atom. The molecule has 2 saturated carbocycles. The maximum absolute atomic E-state index is 2.43. The highest BCUT2D eigenvalue weighted by atomic mass is 14.3. The lowest BCUT2D eigenvalue weighted by Crippen LogP contribution is -2.15. The van der Waals surface area contributed by atoms with Crippen LogP contribution in [0.2, 0.25) is 0 Å². The van der Waals surface area contributed by atoms with Gasteiger partial charge in [0.2, 0.25) is 0 Å². The first kappa shape index (κ1) is 28.4. The van der Waals surface area contributed by atoms with Crippen molar-refractivity contribution in [2.75, 3.05) is 0 Å². The van der Waals surface area contributed by atoms with Gasteiger partial charge in [0.1, 0.15) is 0 Å². The van der Waals surface area contributed by atoms with Crippen LogP contribution in [-0.4, -0.2) is 0 Å². The molecule has 2 aromatic rings. The zero-order chi connectivity index (χ0) is 25.9. The summed E-state index contributed by atoms with van der Waals surface area (Å²) in [5, 5.41) is 0. The van der Waals surface area contributed by atoms with E-state index in [4.69, 9.17) is 0 Å². The molecule has 0 aliphatic heterocycles. The topological polar surface area (TPSA) is 0 Å². The Hall–Kier alpha value is -1.56. The summed E-state index contributed by atoms with van der Waals surface area (Å²) in [6.07, 6.45) is 24.2. The summed E-state index contributed by atoms with van der Waals surface area (Å²) in [4.78, 5) is 0. The van der Waals surface area contributed by atoms with Gasteiger partial charge in [-0.15, -0.1) is 0 Å². The van der Waals surface area contributed by atoms with Gasteiger partial charge in [-0.05, 0) is 110 Å². The van der Waals surface area contributed by atoms with Crippen LogP contribution >= 0.6 is 0 Å². The summed E-state index contributed by atoms with van der Waals surface area (Å²) >= 11 is 0. The lowest BCUT2D eigenvalue weighted by atomic mass is 9.75. The third kappa shape index (κ3) is 8.73. The predicted octanol–water partition coefficient (Wildman–Crippen LogP) is 12.1. The quantitative estimate of drug-likeness (QED) is 0.240. The number of benzene rings is 2. The van der Waals surface area contributed by atoms with Gasteiger partial charge < -0.3 is 0 Å². The van der Waals surface area contributed by atoms with Crippen LogP contribution in [0.1, 0.15) is 153 Å². The Bertz CT molecular complexity index is 859. The van der Waals surface area contributed by atoms with Crippen molar-refractivity contribution in [2.45, 2.75) is 142 Å². The molecule has 37 heavy (non-hydrogen) atoms. The fourth-order valence-corrected chi connectivity index (χ4v) is 7.36. The third-order valence-electron chi connectivity index (χ3n) is 10.2. The van der Waals surface area contributed by atoms with Crippen LogP contribution in [0.5, 0.6) is 0 Å². The minimum atomic E-state index is 0.779. The van der Waals surface area contributed by atoms with E-state index in [2.05, 4.69) is 69.3 Å². The largest absolute Gasteiger partial charge is 0.0654 e. The average molecular weight is 501 g/mol. The zero-order valence-corrected chi connectivity index (χ0v) is 24.5. The SMILES string of the molecule is CCCCCCCCC1CCC(c2ccc(-c3ccc(C4CCC(CC(C)CC)CC4)cc3)cc2)CC1. The van der Waals surface area contributed by atoms with Crippen LogP contribution in [0, 0.1) is 17.8 Å². The Morgan fingerprint density at radius 3 is 1.51 bits per heavy atom. The van der Waals surface area contributed by atoms with Gasteiger partial charge in [-0.25, -0.2) is 0 Å². The lowest BCUT2D eigenvalue weighted by molar-refractivity contribution is 0.273. The molecule has 0 heteroatoms. The summed E-state index contributed by atoms with van der Waals surface area (Å²) in [5.74, 6) is 4.43. The van der Waals surface area contributed by atoms with Crippen molar-refractivity contribution >= 4 is 0 Å². The Labute approximate surface area is 230 Å². The molecular weight excluding hydrogens is 444 g/mol. The fraction of sp³-hybridized carbons (Fsp3) is 0.676. The summed E-state index contributed by atoms with van der Waals surface area (Å²) < 4.78 is 0. The van der Waals surface area contributed by atoms with Gasteiger partial charge in [-0.1, -0.05) is 121 Å². The van der Waals surface area contributed by atoms with Crippen LogP contribution in [0.3, 0.4) is 0 Å². The fourth-order valence-electron chi connectivity index (χ4n) is 7.36. The van der Waals surface area contributed by atoms with Gasteiger partial charge in [0.15, 0.2) is 0 Å². The Balaban J connectivity index is 1.20. The molecule has 1 atom stereocenters. The van der Waals surface area contributed by atoms with Crippen LogP contribution in [0.25, 0.3) is 11.1 Å². The molecule has 2 aliphatic rings. The van der Waals surface area contributed by atoms with Crippen LogP contribution in [0.4, 0.5) is 0 Å². The standard InChI is InChI=1S/C37H56/c1-4-6-7-8-9-10-11-30-12-16-32(17-13-30)34-20-24-36(25-21-34)37-26-22-35(23-27-37)33-18-14-31(15-19-33)28-29(3)5-2/h20-27,29-33H,4-19,28H2,1-3H3. The van der Waals surface area contributed by atoms with E-state index in [1.54, 1.807) is 11.1 Å². The van der Waals surface area contributed by atoms with Crippen molar-refractivity contribution in [3.8, 4) is 11.1 Å². The van der Waals surface area contributed by atoms with Crippen molar-refractivity contribution in [1.82, 2.24) is 0 Å². The summed E-state index contributed by atoms with van der Waals surface area (Å²) in [6.45, 7) is 7.08. The minimum absolute atomic E-state index is 0.779. The monoisotopic (exact) mass is 500 g/mol. The van der Waals surface area contributed by atoms with E-state index >= 15 is 0 Å². The van der Waals surface area contributed by atoms with E-state index < -0.39 is 0 Å². The van der Waals surface area contributed by atoms with E-state index in [1.807, 2.05) is 0 Å². The predicted molar refractivity (Wildman–Crippen MR) is 163 cm³/mol. The second kappa shape index (κ2) is 15.1. The average Bonchev–Trinajstić information content (AvgIpc) is 2.96. The molecule has 0 bridgehead atoms. The maximum Gasteiger partial charge on any atom is -0.0162 e. The van der Waals surface area contributed by atoms with Gasteiger partial charge >= 0.3 is 0 Å². The van der Waals surface area contributed by atoms with E-state index in [0.29, 0.717) is 0 Å². The molecular formula is C37H56. The van der Waals surface area contributed by atoms with Crippen molar-refractivity contribution in [2.24, 2.45) is 17.8 Å². The molecule has 0 heterocycles. The van der Waals surface area contributed by atoms with Gasteiger partial charge in [-0.2, -0.15) is 0 Å². The maximum atomic E-state index is 2.43. The number of hydrogen-bond acceptors (Lipinski definition) is 0. The van der Waals surface area contributed by atoms with Gasteiger partial charge in [0.25, 0.3) is 0 Å². The van der Waals surface area contributed by atoms with Crippen LogP contribution in [-0.2, 0) is 0 Å². The number of rotatable bonds is 13. The first-order chi connectivity index (χ1) is 18.2. The van der Waals surface area contributed by atoms with Crippen LogP contribution in [0.15, 0.2) is 48.5 Å². The summed E-state index contributed by atoms with van der Waals surface area (Å²) in [5.41, 5.74) is 5.90. The molecule has 0 N–H and O–H groups in total. The Morgan fingerprint density at radius 1 is 0.568 bits per heavy atom. The van der Waals surface area contributed by atoms with Crippen molar-refractivity contribution in [3.63, 3.8) is 0 Å². The first-order valence-electron chi connectivity index (χ1n) is 16.4. The molecule has 204 valence electrons. The molecule has 4 rings (SSSR count). The summed E-state index contributed by atoms with van der Waals surface area (Å²) in [7, 11) is 0. The smallest absolute Gasteiger partial charge is 0.0162 e. The van der Waals surface area contributed by atoms with Crippen LogP contribution < -0.4 is 0 Å². The Kier molecular flexibility index (Phi) is 11.6. The first-order valence-corrected chi connectivity index (χ1v) is 16.4. The molecule has 0 aromatic heterocycles. The van der Waals surface area contributed by atoms with E-state index in [0.717, 1.165) is 29.6 Å². The molecule has 0 spiro atoms. The normalized spacial score (nSPS) is 25.2. The van der Waals surface area contributed by atoms with Gasteiger partial charge in [0.05, 0.1) is 0 Å². The lowest BCUT2D eigenvalue weighted by Gasteiger charge is -2.30. The molecule has 0 radical (unpaired) electrons. The van der Waals surface area contributed by atoms with Gasteiger partial charge in [0, 0.05) is 0 Å². The highest BCUT2D eigenvalue weighted by molar-refractivity contribution is 5.64. The highest BCUT2D eigenvalue weighted by Gasteiger charge is 2.24. The molecule has 2 fully saturated rings. The molecule has 0 amide bonds. The van der Waals surface area contributed by atoms with Gasteiger partial charge in [-0.3, -0.25) is 0 Å². The second-order valence-corrected chi connectivity index (χ2v) is 13.0. The van der Waals surface area contributed by atoms with Crippen molar-refractivity contribution in [3.05, 3.63) is 59.7 Å². The molecule has 2 aliphatic carbocycles. The highest BCUT2D eigenvalue weighted by Crippen LogP contribution is 2.40. The second-order valence-electron chi connectivity index (χ2n) is 13.0. The number of hydrogen-bond donors (Lipinski definition) is 0. The molecule has 0 saturated heterocycles. The molecule has 2 aromatic carbocycles. The van der Waals surface area contributed by atoms with E-state index in [1.165, 1.54) is 120 Å². The molecule has 1 unspecified atom stereocenters. The van der Waals surface area contributed by atoms with Crippen molar-refractivity contribution in [1.29, 1.82) is 0 Å². The molecule has 0 nitrogen and oxygen atoms in total. The van der Waals surface area contributed by atoms with Crippen molar-refractivity contribution < 1.29 is 0 Å². The van der Waals surface area contributed by atoms with E-state index in [-0.39, 0.29) is 0 Å².